The lowest BCUT2D eigenvalue weighted by Gasteiger charge is -2.35. The second kappa shape index (κ2) is 6.85. The summed E-state index contributed by atoms with van der Waals surface area (Å²) in [5, 5.41) is 12.9. The molecule has 1 fully saturated rings. The Morgan fingerprint density at radius 3 is 2.95 bits per heavy atom. The van der Waals surface area contributed by atoms with Crippen molar-refractivity contribution in [1.82, 2.24) is 9.97 Å². The first-order valence-electron chi connectivity index (χ1n) is 7.20. The SMILES string of the molecule is CCOCc1nc(NC)cc(N2CCC(O)C(C)C2)n1. The molecule has 1 saturated heterocycles. The Balaban J connectivity index is 2.17. The quantitative estimate of drug-likeness (QED) is 0.846. The highest BCUT2D eigenvalue weighted by Gasteiger charge is 2.25. The largest absolute Gasteiger partial charge is 0.393 e. The third-order valence-corrected chi connectivity index (χ3v) is 3.63. The van der Waals surface area contributed by atoms with Crippen LogP contribution in [0, 0.1) is 5.92 Å². The maximum absolute atomic E-state index is 9.82. The fourth-order valence-electron chi connectivity index (χ4n) is 2.37. The number of hydrogen-bond acceptors (Lipinski definition) is 6. The molecule has 2 atom stereocenters. The van der Waals surface area contributed by atoms with Gasteiger partial charge in [-0.15, -0.1) is 0 Å². The van der Waals surface area contributed by atoms with Crippen LogP contribution in [0.2, 0.25) is 0 Å². The fourth-order valence-corrected chi connectivity index (χ4v) is 2.37. The van der Waals surface area contributed by atoms with Crippen LogP contribution in [0.3, 0.4) is 0 Å². The predicted octanol–water partition coefficient (Wildman–Crippen LogP) is 1.26. The molecule has 0 saturated carbocycles. The van der Waals surface area contributed by atoms with Gasteiger partial charge in [0.2, 0.25) is 0 Å². The molecular weight excluding hydrogens is 256 g/mol. The lowest BCUT2D eigenvalue weighted by atomic mass is 9.97. The van der Waals surface area contributed by atoms with Gasteiger partial charge in [-0.2, -0.15) is 0 Å². The molecule has 0 bridgehead atoms. The van der Waals surface area contributed by atoms with E-state index in [9.17, 15) is 5.11 Å². The van der Waals surface area contributed by atoms with Gasteiger partial charge in [0.25, 0.3) is 0 Å². The molecule has 1 aromatic heterocycles. The Bertz CT molecular complexity index is 441. The standard InChI is InChI=1S/C14H24N4O2/c1-4-20-9-13-16-12(15-3)7-14(17-13)18-6-5-11(19)10(2)8-18/h7,10-11,19H,4-6,8-9H2,1-3H3,(H,15,16,17). The Hall–Kier alpha value is -1.40. The minimum Gasteiger partial charge on any atom is -0.393 e. The van der Waals surface area contributed by atoms with Gasteiger partial charge in [0.15, 0.2) is 5.82 Å². The summed E-state index contributed by atoms with van der Waals surface area (Å²) in [6.45, 7) is 6.73. The number of anilines is 2. The molecule has 20 heavy (non-hydrogen) atoms. The highest BCUT2D eigenvalue weighted by Crippen LogP contribution is 2.23. The summed E-state index contributed by atoms with van der Waals surface area (Å²) >= 11 is 0. The van der Waals surface area contributed by atoms with Crippen molar-refractivity contribution in [2.75, 3.05) is 37.0 Å². The zero-order chi connectivity index (χ0) is 14.5. The van der Waals surface area contributed by atoms with Crippen LogP contribution >= 0.6 is 0 Å². The van der Waals surface area contributed by atoms with Gasteiger partial charge in [-0.25, -0.2) is 9.97 Å². The average molecular weight is 280 g/mol. The normalized spacial score (nSPS) is 22.9. The molecule has 112 valence electrons. The van der Waals surface area contributed by atoms with Crippen LogP contribution in [0.25, 0.3) is 0 Å². The van der Waals surface area contributed by atoms with Crippen LogP contribution in [0.4, 0.5) is 11.6 Å². The highest BCUT2D eigenvalue weighted by atomic mass is 16.5. The number of nitrogens with one attached hydrogen (secondary N) is 1. The van der Waals surface area contributed by atoms with Gasteiger partial charge in [-0.05, 0) is 19.3 Å². The first kappa shape index (κ1) is 15.0. The van der Waals surface area contributed by atoms with E-state index in [0.717, 1.165) is 31.1 Å². The van der Waals surface area contributed by atoms with Crippen molar-refractivity contribution in [3.63, 3.8) is 0 Å². The number of aromatic nitrogens is 2. The molecule has 6 nitrogen and oxygen atoms in total. The van der Waals surface area contributed by atoms with Gasteiger partial charge in [0, 0.05) is 32.8 Å². The topological polar surface area (TPSA) is 70.5 Å². The highest BCUT2D eigenvalue weighted by molar-refractivity contribution is 5.49. The monoisotopic (exact) mass is 280 g/mol. The lowest BCUT2D eigenvalue weighted by Crippen LogP contribution is -2.42. The molecular formula is C14H24N4O2. The number of aliphatic hydroxyl groups is 1. The number of aliphatic hydroxyl groups excluding tert-OH is 1. The van der Waals surface area contributed by atoms with Gasteiger partial charge in [-0.3, -0.25) is 0 Å². The van der Waals surface area contributed by atoms with Crippen LogP contribution in [0.1, 0.15) is 26.1 Å². The maximum atomic E-state index is 9.82. The minimum absolute atomic E-state index is 0.209. The van der Waals surface area contributed by atoms with Gasteiger partial charge in [-0.1, -0.05) is 6.92 Å². The molecule has 2 unspecified atom stereocenters. The van der Waals surface area contributed by atoms with E-state index in [4.69, 9.17) is 4.74 Å². The Morgan fingerprint density at radius 1 is 1.50 bits per heavy atom. The molecule has 2 N–H and O–H groups in total. The number of rotatable bonds is 5. The number of piperidine rings is 1. The van der Waals surface area contributed by atoms with Crippen molar-refractivity contribution in [3.05, 3.63) is 11.9 Å². The zero-order valence-corrected chi connectivity index (χ0v) is 12.5. The molecule has 1 aromatic rings. The van der Waals surface area contributed by atoms with Gasteiger partial charge in [0.05, 0.1) is 6.10 Å². The summed E-state index contributed by atoms with van der Waals surface area (Å²) in [4.78, 5) is 11.2. The van der Waals surface area contributed by atoms with Crippen molar-refractivity contribution in [2.24, 2.45) is 5.92 Å². The van der Waals surface area contributed by atoms with E-state index in [-0.39, 0.29) is 12.0 Å². The molecule has 0 aromatic carbocycles. The smallest absolute Gasteiger partial charge is 0.158 e. The summed E-state index contributed by atoms with van der Waals surface area (Å²) in [6, 6.07) is 1.94. The number of ether oxygens (including phenoxy) is 1. The molecule has 6 heteroatoms. The van der Waals surface area contributed by atoms with Gasteiger partial charge in [0.1, 0.15) is 18.2 Å². The average Bonchev–Trinajstić information content (AvgIpc) is 2.47. The summed E-state index contributed by atoms with van der Waals surface area (Å²) in [7, 11) is 1.85. The van der Waals surface area contributed by atoms with Crippen LogP contribution in [-0.4, -0.2) is 47.9 Å². The third kappa shape index (κ3) is 3.58. The van der Waals surface area contributed by atoms with Gasteiger partial charge < -0.3 is 20.1 Å². The molecule has 1 aliphatic rings. The van der Waals surface area contributed by atoms with E-state index in [1.54, 1.807) is 0 Å². The second-order valence-electron chi connectivity index (χ2n) is 5.19. The van der Waals surface area contributed by atoms with Crippen molar-refractivity contribution < 1.29 is 9.84 Å². The lowest BCUT2D eigenvalue weighted by molar-refractivity contribution is 0.0967. The molecule has 2 heterocycles. The fraction of sp³-hybridized carbons (Fsp3) is 0.714. The van der Waals surface area contributed by atoms with Crippen molar-refractivity contribution >= 4 is 11.6 Å². The summed E-state index contributed by atoms with van der Waals surface area (Å²) in [6.07, 6.45) is 0.570. The Kier molecular flexibility index (Phi) is 5.14. The van der Waals surface area contributed by atoms with Crippen molar-refractivity contribution in [3.8, 4) is 0 Å². The maximum Gasteiger partial charge on any atom is 0.158 e. The van der Waals surface area contributed by atoms with Crippen LogP contribution in [0.15, 0.2) is 6.07 Å². The first-order chi connectivity index (χ1) is 9.63. The zero-order valence-electron chi connectivity index (χ0n) is 12.5. The van der Waals surface area contributed by atoms with Crippen LogP contribution < -0.4 is 10.2 Å². The van der Waals surface area contributed by atoms with E-state index in [1.807, 2.05) is 20.0 Å². The van der Waals surface area contributed by atoms with Crippen LogP contribution in [-0.2, 0) is 11.3 Å². The van der Waals surface area contributed by atoms with Gasteiger partial charge >= 0.3 is 0 Å². The van der Waals surface area contributed by atoms with E-state index < -0.39 is 0 Å². The number of hydrogen-bond donors (Lipinski definition) is 2. The number of nitrogens with zero attached hydrogens (tertiary/aromatic N) is 3. The molecule has 0 radical (unpaired) electrons. The van der Waals surface area contributed by atoms with E-state index in [2.05, 4.69) is 27.1 Å². The van der Waals surface area contributed by atoms with E-state index in [0.29, 0.717) is 19.0 Å². The second-order valence-corrected chi connectivity index (χ2v) is 5.19. The summed E-state index contributed by atoms with van der Waals surface area (Å²) in [5.41, 5.74) is 0. The molecule has 2 rings (SSSR count). The summed E-state index contributed by atoms with van der Waals surface area (Å²) < 4.78 is 5.39. The Labute approximate surface area is 120 Å². The minimum atomic E-state index is -0.209. The van der Waals surface area contributed by atoms with Crippen molar-refractivity contribution in [2.45, 2.75) is 33.0 Å². The first-order valence-corrected chi connectivity index (χ1v) is 7.20. The molecule has 0 spiro atoms. The predicted molar refractivity (Wildman–Crippen MR) is 78.9 cm³/mol. The summed E-state index contributed by atoms with van der Waals surface area (Å²) in [5.74, 6) is 2.64. The van der Waals surface area contributed by atoms with E-state index in [1.165, 1.54) is 0 Å². The van der Waals surface area contributed by atoms with E-state index >= 15 is 0 Å². The molecule has 1 aliphatic heterocycles. The molecule has 0 aliphatic carbocycles. The molecule has 0 amide bonds. The Morgan fingerprint density at radius 2 is 2.30 bits per heavy atom. The third-order valence-electron chi connectivity index (χ3n) is 3.63. The van der Waals surface area contributed by atoms with Crippen LogP contribution in [0.5, 0.6) is 0 Å². The van der Waals surface area contributed by atoms with Crippen molar-refractivity contribution in [1.29, 1.82) is 0 Å².